The van der Waals surface area contributed by atoms with Crippen LogP contribution in [0.15, 0.2) is 18.5 Å². The van der Waals surface area contributed by atoms with Crippen molar-refractivity contribution in [2.45, 2.75) is 5.33 Å². The number of imidazole rings is 1. The van der Waals surface area contributed by atoms with Crippen molar-refractivity contribution in [3.63, 3.8) is 0 Å². The van der Waals surface area contributed by atoms with Gasteiger partial charge in [0, 0.05) is 10.9 Å². The molecule has 13 heavy (non-hydrogen) atoms. The molecule has 0 atom stereocenters. The maximum Gasteiger partial charge on any atom is 0.0995 e. The van der Waals surface area contributed by atoms with Crippen LogP contribution >= 0.6 is 15.9 Å². The van der Waals surface area contributed by atoms with Crippen LogP contribution in [-0.4, -0.2) is 9.97 Å². The van der Waals surface area contributed by atoms with Crippen LogP contribution in [0.5, 0.6) is 0 Å². The largest absolute Gasteiger partial charge is 0.345 e. The zero-order valence-electron chi connectivity index (χ0n) is 6.71. The molecule has 0 aliphatic heterocycles. The highest BCUT2D eigenvalue weighted by Gasteiger charge is 2.07. The molecule has 3 nitrogen and oxygen atoms in total. The predicted molar refractivity (Wildman–Crippen MR) is 53.4 cm³/mol. The van der Waals surface area contributed by atoms with Gasteiger partial charge in [-0.2, -0.15) is 5.26 Å². The van der Waals surface area contributed by atoms with Gasteiger partial charge in [0.15, 0.2) is 0 Å². The van der Waals surface area contributed by atoms with Crippen LogP contribution in [-0.2, 0) is 5.33 Å². The van der Waals surface area contributed by atoms with Gasteiger partial charge in [0.05, 0.1) is 29.0 Å². The fourth-order valence-electron chi connectivity index (χ4n) is 1.31. The normalized spacial score (nSPS) is 10.2. The van der Waals surface area contributed by atoms with E-state index in [1.807, 2.05) is 6.07 Å². The number of hydrogen-bond donors (Lipinski definition) is 1. The van der Waals surface area contributed by atoms with E-state index >= 15 is 0 Å². The summed E-state index contributed by atoms with van der Waals surface area (Å²) in [5.41, 5.74) is 3.46. The van der Waals surface area contributed by atoms with Gasteiger partial charge < -0.3 is 4.98 Å². The number of nitrogens with zero attached hydrogens (tertiary/aromatic N) is 2. The van der Waals surface area contributed by atoms with Crippen LogP contribution in [0.2, 0.25) is 0 Å². The maximum absolute atomic E-state index is 8.84. The van der Waals surface area contributed by atoms with Crippen LogP contribution < -0.4 is 0 Å². The van der Waals surface area contributed by atoms with E-state index in [1.54, 1.807) is 12.4 Å². The van der Waals surface area contributed by atoms with Gasteiger partial charge in [-0.05, 0) is 12.1 Å². The van der Waals surface area contributed by atoms with Crippen LogP contribution in [0.1, 0.15) is 11.1 Å². The zero-order valence-corrected chi connectivity index (χ0v) is 8.30. The molecule has 1 aromatic heterocycles. The summed E-state index contributed by atoms with van der Waals surface area (Å²) in [6.07, 6.45) is 1.64. The third-order valence-electron chi connectivity index (χ3n) is 1.95. The van der Waals surface area contributed by atoms with Crippen LogP contribution in [0.25, 0.3) is 11.0 Å². The van der Waals surface area contributed by atoms with Crippen molar-refractivity contribution in [2.75, 3.05) is 0 Å². The molecule has 4 heteroatoms. The minimum absolute atomic E-state index is 0.651. The molecule has 0 aliphatic carbocycles. The first kappa shape index (κ1) is 8.27. The predicted octanol–water partition coefficient (Wildman–Crippen LogP) is 2.33. The fourth-order valence-corrected chi connectivity index (χ4v) is 1.87. The van der Waals surface area contributed by atoms with E-state index in [4.69, 9.17) is 5.26 Å². The van der Waals surface area contributed by atoms with E-state index < -0.39 is 0 Å². The van der Waals surface area contributed by atoms with Crippen LogP contribution in [0, 0.1) is 11.3 Å². The molecular weight excluding hydrogens is 230 g/mol. The van der Waals surface area contributed by atoms with Gasteiger partial charge in [-0.1, -0.05) is 15.9 Å². The molecule has 0 aliphatic rings. The van der Waals surface area contributed by atoms with E-state index in [9.17, 15) is 0 Å². The van der Waals surface area contributed by atoms with Crippen molar-refractivity contribution in [3.8, 4) is 6.07 Å². The Balaban J connectivity index is 2.84. The first-order chi connectivity index (χ1) is 6.36. The average Bonchev–Trinajstić information content (AvgIpc) is 2.63. The van der Waals surface area contributed by atoms with Crippen molar-refractivity contribution in [1.82, 2.24) is 9.97 Å². The topological polar surface area (TPSA) is 52.5 Å². The standard InChI is InChI=1S/C9H6BrN3/c10-3-7-6(4-11)1-2-8-9(7)13-5-12-8/h1-2,5H,3H2,(H,12,13). The van der Waals surface area contributed by atoms with Crippen LogP contribution in [0.4, 0.5) is 0 Å². The molecule has 0 unspecified atom stereocenters. The number of nitriles is 1. The van der Waals surface area contributed by atoms with Crippen molar-refractivity contribution >= 4 is 27.0 Å². The monoisotopic (exact) mass is 235 g/mol. The summed E-state index contributed by atoms with van der Waals surface area (Å²) >= 11 is 3.35. The SMILES string of the molecule is N#Cc1ccc2[nH]cnc2c1CBr. The summed E-state index contributed by atoms with van der Waals surface area (Å²) in [4.78, 5) is 7.17. The minimum Gasteiger partial charge on any atom is -0.345 e. The van der Waals surface area contributed by atoms with Crippen molar-refractivity contribution in [2.24, 2.45) is 0 Å². The second-order valence-electron chi connectivity index (χ2n) is 2.64. The maximum atomic E-state index is 8.84. The molecule has 64 valence electrons. The highest BCUT2D eigenvalue weighted by Crippen LogP contribution is 2.21. The molecule has 0 saturated carbocycles. The molecule has 1 aromatic carbocycles. The van der Waals surface area contributed by atoms with Crippen molar-refractivity contribution < 1.29 is 0 Å². The summed E-state index contributed by atoms with van der Waals surface area (Å²) in [6.45, 7) is 0. The number of rotatable bonds is 1. The number of H-pyrrole nitrogens is 1. The van der Waals surface area contributed by atoms with Gasteiger partial charge in [0.2, 0.25) is 0 Å². The van der Waals surface area contributed by atoms with Crippen molar-refractivity contribution in [3.05, 3.63) is 29.6 Å². The first-order valence-corrected chi connectivity index (χ1v) is 4.90. The lowest BCUT2D eigenvalue weighted by atomic mass is 10.1. The molecule has 0 saturated heterocycles. The summed E-state index contributed by atoms with van der Waals surface area (Å²) in [6, 6.07) is 5.82. The third kappa shape index (κ3) is 1.21. The molecule has 0 fully saturated rings. The quantitative estimate of drug-likeness (QED) is 0.772. The summed E-state index contributed by atoms with van der Waals surface area (Å²) < 4.78 is 0. The molecule has 0 radical (unpaired) electrons. The molecule has 1 heterocycles. The number of aromatic nitrogens is 2. The van der Waals surface area contributed by atoms with Gasteiger partial charge >= 0.3 is 0 Å². The summed E-state index contributed by atoms with van der Waals surface area (Å²) in [5.74, 6) is 0. The lowest BCUT2D eigenvalue weighted by Gasteiger charge is -1.99. The van der Waals surface area contributed by atoms with Gasteiger partial charge in [-0.25, -0.2) is 4.98 Å². The number of benzene rings is 1. The Labute approximate surface area is 83.5 Å². The number of hydrogen-bond acceptors (Lipinski definition) is 2. The van der Waals surface area contributed by atoms with Crippen molar-refractivity contribution in [1.29, 1.82) is 5.26 Å². The zero-order chi connectivity index (χ0) is 9.26. The molecule has 2 rings (SSSR count). The Hall–Kier alpha value is -1.34. The Morgan fingerprint density at radius 1 is 1.54 bits per heavy atom. The number of alkyl halides is 1. The van der Waals surface area contributed by atoms with Gasteiger partial charge in [0.1, 0.15) is 0 Å². The fraction of sp³-hybridized carbons (Fsp3) is 0.111. The lowest BCUT2D eigenvalue weighted by molar-refractivity contribution is 1.33. The van der Waals surface area contributed by atoms with Gasteiger partial charge in [0.25, 0.3) is 0 Å². The second kappa shape index (κ2) is 3.19. The molecule has 0 spiro atoms. The summed E-state index contributed by atoms with van der Waals surface area (Å²) in [7, 11) is 0. The average molecular weight is 236 g/mol. The molecule has 0 amide bonds. The number of fused-ring (bicyclic) bond motifs is 1. The highest BCUT2D eigenvalue weighted by atomic mass is 79.9. The molecule has 2 aromatic rings. The smallest absolute Gasteiger partial charge is 0.0995 e. The number of nitrogens with one attached hydrogen (secondary N) is 1. The Morgan fingerprint density at radius 2 is 2.38 bits per heavy atom. The summed E-state index contributed by atoms with van der Waals surface area (Å²) in [5, 5.41) is 9.49. The third-order valence-corrected chi connectivity index (χ3v) is 2.51. The van der Waals surface area contributed by atoms with Gasteiger partial charge in [-0.3, -0.25) is 0 Å². The Morgan fingerprint density at radius 3 is 3.08 bits per heavy atom. The van der Waals surface area contributed by atoms with Gasteiger partial charge in [-0.15, -0.1) is 0 Å². The lowest BCUT2D eigenvalue weighted by Crippen LogP contribution is -1.87. The minimum atomic E-state index is 0.651. The van der Waals surface area contributed by atoms with E-state index in [0.717, 1.165) is 16.6 Å². The first-order valence-electron chi connectivity index (χ1n) is 3.78. The Kier molecular flexibility index (Phi) is 2.03. The van der Waals surface area contributed by atoms with E-state index in [-0.39, 0.29) is 0 Å². The van der Waals surface area contributed by atoms with E-state index in [0.29, 0.717) is 10.9 Å². The van der Waals surface area contributed by atoms with E-state index in [1.165, 1.54) is 0 Å². The second-order valence-corrected chi connectivity index (χ2v) is 3.20. The Bertz CT molecular complexity index is 481. The highest BCUT2D eigenvalue weighted by molar-refractivity contribution is 9.08. The number of aromatic amines is 1. The molecule has 1 N–H and O–H groups in total. The molecule has 0 bridgehead atoms. The van der Waals surface area contributed by atoms with E-state index in [2.05, 4.69) is 32.0 Å². The number of halogens is 1. The molecular formula is C9H6BrN3. The van der Waals surface area contributed by atoms with Crippen LogP contribution in [0.3, 0.4) is 0 Å².